The van der Waals surface area contributed by atoms with Crippen LogP contribution in [0, 0.1) is 0 Å². The van der Waals surface area contributed by atoms with Crippen LogP contribution in [0.5, 0.6) is 0 Å². The van der Waals surface area contributed by atoms with Crippen LogP contribution < -0.4 is 11.0 Å². The highest BCUT2D eigenvalue weighted by atomic mass is 35.5. The number of anilines is 1. The third-order valence-corrected chi connectivity index (χ3v) is 3.64. The van der Waals surface area contributed by atoms with Crippen molar-refractivity contribution in [1.29, 1.82) is 0 Å². The largest absolute Gasteiger partial charge is 0.468 e. The first-order valence-corrected chi connectivity index (χ1v) is 6.91. The van der Waals surface area contributed by atoms with Crippen molar-refractivity contribution in [2.45, 2.75) is 6.54 Å². The fourth-order valence-corrected chi connectivity index (χ4v) is 2.12. The maximum atomic E-state index is 12.0. The summed E-state index contributed by atoms with van der Waals surface area (Å²) in [4.78, 5) is 25.4. The van der Waals surface area contributed by atoms with E-state index in [-0.39, 0.29) is 11.6 Å². The van der Waals surface area contributed by atoms with Gasteiger partial charge in [0.25, 0.3) is 5.56 Å². The molecule has 8 nitrogen and oxygen atoms in total. The van der Waals surface area contributed by atoms with Gasteiger partial charge < -0.3 is 15.1 Å². The lowest BCUT2D eigenvalue weighted by molar-refractivity contribution is -0.141. The normalized spacial score (nSPS) is 16.7. The number of nitrogens with one attached hydrogen (secondary N) is 1. The van der Waals surface area contributed by atoms with Crippen molar-refractivity contribution in [2.75, 3.05) is 45.8 Å². The molecule has 0 aromatic carbocycles. The second kappa shape index (κ2) is 6.88. The highest BCUT2D eigenvalue weighted by Gasteiger charge is 2.17. The lowest BCUT2D eigenvalue weighted by Gasteiger charge is -2.33. The molecule has 0 bridgehead atoms. The average molecular weight is 316 g/mol. The summed E-state index contributed by atoms with van der Waals surface area (Å²) in [5.41, 5.74) is 3.00. The highest BCUT2D eigenvalue weighted by Crippen LogP contribution is 2.16. The minimum Gasteiger partial charge on any atom is -0.468 e. The number of hydrogen-bond donors (Lipinski definition) is 1. The van der Waals surface area contributed by atoms with Crippen LogP contribution in [-0.4, -0.2) is 66.0 Å². The molecule has 0 saturated carbocycles. The lowest BCUT2D eigenvalue weighted by atomic mass is 10.4. The minimum atomic E-state index is -0.555. The van der Waals surface area contributed by atoms with Crippen molar-refractivity contribution in [3.63, 3.8) is 0 Å². The van der Waals surface area contributed by atoms with Gasteiger partial charge >= 0.3 is 5.97 Å². The zero-order valence-corrected chi connectivity index (χ0v) is 12.8. The molecule has 0 unspecified atom stereocenters. The van der Waals surface area contributed by atoms with Crippen LogP contribution in [0.1, 0.15) is 0 Å². The second-order valence-corrected chi connectivity index (χ2v) is 5.19. The van der Waals surface area contributed by atoms with Crippen LogP contribution in [0.4, 0.5) is 5.69 Å². The minimum absolute atomic E-state index is 0.00725. The number of piperazine rings is 1. The van der Waals surface area contributed by atoms with E-state index in [4.69, 9.17) is 11.6 Å². The number of halogens is 1. The number of ether oxygens (including phenoxy) is 1. The van der Waals surface area contributed by atoms with E-state index in [1.807, 2.05) is 5.01 Å². The quantitative estimate of drug-likeness (QED) is 0.760. The predicted molar refractivity (Wildman–Crippen MR) is 78.2 cm³/mol. The topological polar surface area (TPSA) is 79.7 Å². The molecule has 0 spiro atoms. The summed E-state index contributed by atoms with van der Waals surface area (Å²) in [6.07, 6.45) is 1.44. The molecule has 0 aliphatic carbocycles. The Morgan fingerprint density at radius 2 is 2.10 bits per heavy atom. The number of nitrogens with zero attached hydrogens (tertiary/aromatic N) is 4. The Kier molecular flexibility index (Phi) is 5.16. The summed E-state index contributed by atoms with van der Waals surface area (Å²) in [5, 5.41) is 5.91. The first kappa shape index (κ1) is 15.7. The van der Waals surface area contributed by atoms with E-state index in [1.54, 1.807) is 0 Å². The van der Waals surface area contributed by atoms with Gasteiger partial charge in [-0.05, 0) is 7.05 Å². The van der Waals surface area contributed by atoms with Crippen molar-refractivity contribution in [3.05, 3.63) is 21.6 Å². The van der Waals surface area contributed by atoms with E-state index in [0.29, 0.717) is 5.69 Å². The van der Waals surface area contributed by atoms with Crippen molar-refractivity contribution in [1.82, 2.24) is 19.7 Å². The Morgan fingerprint density at radius 3 is 2.71 bits per heavy atom. The standard InChI is InChI=1S/C12H18ClN5O3/c1-16-3-5-17(6-4-16)15-9-7-14-18(8-10(19)21-2)12(20)11(9)13/h7,15H,3-6,8H2,1-2H3. The molecule has 0 amide bonds. The molecule has 9 heteroatoms. The average Bonchev–Trinajstić information content (AvgIpc) is 2.49. The van der Waals surface area contributed by atoms with Crippen molar-refractivity contribution >= 4 is 23.3 Å². The number of likely N-dealkylation sites (N-methyl/N-ethyl adjacent to an activating group) is 1. The molecule has 2 rings (SSSR count). The summed E-state index contributed by atoms with van der Waals surface area (Å²) >= 11 is 6.05. The predicted octanol–water partition coefficient (Wildman–Crippen LogP) is -0.356. The summed E-state index contributed by atoms with van der Waals surface area (Å²) in [5.74, 6) is -0.555. The van der Waals surface area contributed by atoms with Gasteiger partial charge in [-0.1, -0.05) is 11.6 Å². The number of hydrazine groups is 1. The van der Waals surface area contributed by atoms with Gasteiger partial charge in [-0.15, -0.1) is 0 Å². The Hall–Kier alpha value is -1.64. The summed E-state index contributed by atoms with van der Waals surface area (Å²) in [6, 6.07) is 0. The van der Waals surface area contributed by atoms with Crippen LogP contribution in [0.2, 0.25) is 5.02 Å². The van der Waals surface area contributed by atoms with Crippen molar-refractivity contribution in [3.8, 4) is 0 Å². The van der Waals surface area contributed by atoms with Crippen LogP contribution in [0.3, 0.4) is 0 Å². The van der Waals surface area contributed by atoms with Gasteiger partial charge in [-0.25, -0.2) is 9.69 Å². The Balaban J connectivity index is 2.09. The van der Waals surface area contributed by atoms with E-state index in [2.05, 4.69) is 27.2 Å². The smallest absolute Gasteiger partial charge is 0.327 e. The number of aromatic nitrogens is 2. The zero-order chi connectivity index (χ0) is 15.4. The molecule has 1 aliphatic rings. The molecular weight excluding hydrogens is 298 g/mol. The number of esters is 1. The molecule has 1 aromatic heterocycles. The van der Waals surface area contributed by atoms with Crippen LogP contribution >= 0.6 is 11.6 Å². The highest BCUT2D eigenvalue weighted by molar-refractivity contribution is 6.32. The molecule has 2 heterocycles. The van der Waals surface area contributed by atoms with Crippen molar-refractivity contribution < 1.29 is 9.53 Å². The third kappa shape index (κ3) is 3.93. The monoisotopic (exact) mass is 315 g/mol. The van der Waals surface area contributed by atoms with E-state index in [9.17, 15) is 9.59 Å². The van der Waals surface area contributed by atoms with E-state index in [1.165, 1.54) is 13.3 Å². The maximum absolute atomic E-state index is 12.0. The fraction of sp³-hybridized carbons (Fsp3) is 0.583. The first-order valence-electron chi connectivity index (χ1n) is 6.54. The Morgan fingerprint density at radius 1 is 1.43 bits per heavy atom. The van der Waals surface area contributed by atoms with Gasteiger partial charge in [0, 0.05) is 26.2 Å². The third-order valence-electron chi connectivity index (χ3n) is 3.27. The number of rotatable bonds is 4. The summed E-state index contributed by atoms with van der Waals surface area (Å²) in [6.45, 7) is 3.23. The van der Waals surface area contributed by atoms with Gasteiger partial charge in [0.05, 0.1) is 19.0 Å². The molecule has 1 aromatic rings. The van der Waals surface area contributed by atoms with Gasteiger partial charge in [0.2, 0.25) is 0 Å². The van der Waals surface area contributed by atoms with E-state index >= 15 is 0 Å². The zero-order valence-electron chi connectivity index (χ0n) is 12.0. The summed E-state index contributed by atoms with van der Waals surface area (Å²) < 4.78 is 5.48. The van der Waals surface area contributed by atoms with Crippen LogP contribution in [0.15, 0.2) is 11.0 Å². The number of hydrogen-bond acceptors (Lipinski definition) is 7. The molecular formula is C12H18ClN5O3. The van der Waals surface area contributed by atoms with E-state index in [0.717, 1.165) is 30.9 Å². The van der Waals surface area contributed by atoms with Crippen molar-refractivity contribution in [2.24, 2.45) is 0 Å². The fourth-order valence-electron chi connectivity index (χ4n) is 1.93. The van der Waals surface area contributed by atoms with Crippen LogP contribution in [-0.2, 0) is 16.1 Å². The molecule has 116 valence electrons. The number of carbonyl (C=O) groups is 1. The van der Waals surface area contributed by atoms with Gasteiger partial charge in [-0.2, -0.15) is 5.10 Å². The molecule has 21 heavy (non-hydrogen) atoms. The second-order valence-electron chi connectivity index (χ2n) is 4.81. The Bertz CT molecular complexity index is 569. The maximum Gasteiger partial charge on any atom is 0.327 e. The Labute approximate surface area is 127 Å². The molecule has 0 atom stereocenters. The molecule has 1 aliphatic heterocycles. The van der Waals surface area contributed by atoms with Gasteiger partial charge in [0.1, 0.15) is 11.6 Å². The SMILES string of the molecule is COC(=O)Cn1ncc(NN2CCN(C)CC2)c(Cl)c1=O. The lowest BCUT2D eigenvalue weighted by Crippen LogP contribution is -2.47. The van der Waals surface area contributed by atoms with E-state index < -0.39 is 11.5 Å². The van der Waals surface area contributed by atoms with Gasteiger partial charge in [0.15, 0.2) is 0 Å². The molecule has 1 saturated heterocycles. The first-order chi connectivity index (χ1) is 10.0. The summed E-state index contributed by atoms with van der Waals surface area (Å²) in [7, 11) is 3.30. The molecule has 1 fully saturated rings. The molecule has 0 radical (unpaired) electrons. The number of methoxy groups -OCH3 is 1. The van der Waals surface area contributed by atoms with Crippen LogP contribution in [0.25, 0.3) is 0 Å². The number of carbonyl (C=O) groups excluding carboxylic acids is 1. The molecule has 1 N–H and O–H groups in total. The van der Waals surface area contributed by atoms with Gasteiger partial charge in [-0.3, -0.25) is 9.59 Å².